The molecule has 2 rings (SSSR count). The van der Waals surface area contributed by atoms with E-state index in [9.17, 15) is 10.1 Å². The lowest BCUT2D eigenvalue weighted by molar-refractivity contribution is -0.385. The van der Waals surface area contributed by atoms with Gasteiger partial charge in [-0.15, -0.1) is 0 Å². The van der Waals surface area contributed by atoms with Crippen LogP contribution in [-0.4, -0.2) is 35.2 Å². The Kier molecular flexibility index (Phi) is 4.39. The minimum absolute atomic E-state index is 0.0649. The van der Waals surface area contributed by atoms with Gasteiger partial charge in [-0.2, -0.15) is 5.10 Å². The third kappa shape index (κ3) is 3.96. The first-order chi connectivity index (χ1) is 10.1. The summed E-state index contributed by atoms with van der Waals surface area (Å²) in [6.07, 6.45) is 4.42. The Morgan fingerprint density at radius 2 is 2.14 bits per heavy atom. The zero-order chi connectivity index (χ0) is 15.2. The van der Waals surface area contributed by atoms with Gasteiger partial charge in [0.25, 0.3) is 5.69 Å². The van der Waals surface area contributed by atoms with Crippen molar-refractivity contribution in [2.45, 2.75) is 0 Å². The summed E-state index contributed by atoms with van der Waals surface area (Å²) in [5.74, 6) is 0.417. The van der Waals surface area contributed by atoms with E-state index in [0.717, 1.165) is 5.69 Å². The topological polar surface area (TPSA) is 96.5 Å². The number of nitrogens with one attached hydrogen (secondary N) is 1. The largest absolute Gasteiger partial charge is 0.378 e. The quantitative estimate of drug-likeness (QED) is 0.512. The zero-order valence-electron chi connectivity index (χ0n) is 11.6. The second-order valence-electron chi connectivity index (χ2n) is 4.36. The third-order valence-corrected chi connectivity index (χ3v) is 2.62. The molecule has 0 spiro atoms. The molecule has 2 aromatic rings. The molecule has 8 heteroatoms. The van der Waals surface area contributed by atoms with Crippen LogP contribution >= 0.6 is 0 Å². The monoisotopic (exact) mass is 286 g/mol. The highest BCUT2D eigenvalue weighted by Crippen LogP contribution is 2.12. The van der Waals surface area contributed by atoms with Crippen LogP contribution in [0.5, 0.6) is 0 Å². The van der Waals surface area contributed by atoms with Crippen LogP contribution in [0.15, 0.2) is 41.8 Å². The van der Waals surface area contributed by atoms with Crippen molar-refractivity contribution >= 4 is 23.4 Å². The molecule has 0 radical (unpaired) electrons. The average molecular weight is 286 g/mol. The molecule has 0 atom stereocenters. The van der Waals surface area contributed by atoms with Gasteiger partial charge in [-0.1, -0.05) is 0 Å². The lowest BCUT2D eigenvalue weighted by Crippen LogP contribution is -2.09. The van der Waals surface area contributed by atoms with Gasteiger partial charge in [0.2, 0.25) is 0 Å². The van der Waals surface area contributed by atoms with Crippen molar-refractivity contribution in [1.29, 1.82) is 0 Å². The number of pyridine rings is 2. The molecule has 0 aliphatic heterocycles. The third-order valence-electron chi connectivity index (χ3n) is 2.62. The minimum Gasteiger partial charge on any atom is -0.378 e. The molecular formula is C13H14N6O2. The Labute approximate surface area is 121 Å². The van der Waals surface area contributed by atoms with Crippen molar-refractivity contribution < 1.29 is 4.92 Å². The van der Waals surface area contributed by atoms with Crippen LogP contribution in [0.2, 0.25) is 0 Å². The van der Waals surface area contributed by atoms with Gasteiger partial charge in [0.05, 0.1) is 16.8 Å². The van der Waals surface area contributed by atoms with E-state index in [1.54, 1.807) is 12.4 Å². The maximum atomic E-state index is 10.5. The predicted molar refractivity (Wildman–Crippen MR) is 80.7 cm³/mol. The van der Waals surface area contributed by atoms with Gasteiger partial charge in [0, 0.05) is 32.0 Å². The molecule has 0 saturated carbocycles. The summed E-state index contributed by atoms with van der Waals surface area (Å²) in [6.45, 7) is 0. The van der Waals surface area contributed by atoms with Crippen LogP contribution < -0.4 is 10.3 Å². The Hall–Kier alpha value is -3.03. The molecule has 1 N–H and O–H groups in total. The molecule has 0 aliphatic carbocycles. The summed E-state index contributed by atoms with van der Waals surface area (Å²) >= 11 is 0. The molecule has 2 aromatic heterocycles. The van der Waals surface area contributed by atoms with Gasteiger partial charge in [-0.05, 0) is 18.2 Å². The van der Waals surface area contributed by atoms with Gasteiger partial charge >= 0.3 is 0 Å². The van der Waals surface area contributed by atoms with Crippen molar-refractivity contribution in [3.05, 3.63) is 52.5 Å². The summed E-state index contributed by atoms with van der Waals surface area (Å²) in [4.78, 5) is 20.0. The zero-order valence-corrected chi connectivity index (χ0v) is 11.6. The van der Waals surface area contributed by atoms with E-state index in [-0.39, 0.29) is 5.69 Å². The van der Waals surface area contributed by atoms with Crippen molar-refractivity contribution in [3.63, 3.8) is 0 Å². The van der Waals surface area contributed by atoms with E-state index >= 15 is 0 Å². The lowest BCUT2D eigenvalue weighted by Gasteiger charge is -2.11. The smallest absolute Gasteiger partial charge is 0.287 e. The van der Waals surface area contributed by atoms with Crippen molar-refractivity contribution in [2.24, 2.45) is 5.10 Å². The SMILES string of the molecule is CN(C)c1ccnc(/C=N/Nc2ccc([N+](=O)[O-])cn2)c1. The van der Waals surface area contributed by atoms with E-state index in [0.29, 0.717) is 11.5 Å². The van der Waals surface area contributed by atoms with E-state index in [2.05, 4.69) is 20.5 Å². The number of hydrazone groups is 1. The van der Waals surface area contributed by atoms with Crippen LogP contribution in [0.4, 0.5) is 17.2 Å². The highest BCUT2D eigenvalue weighted by atomic mass is 16.6. The number of aromatic nitrogens is 2. The van der Waals surface area contributed by atoms with Gasteiger partial charge < -0.3 is 4.90 Å². The maximum Gasteiger partial charge on any atom is 0.287 e. The first-order valence-corrected chi connectivity index (χ1v) is 6.09. The number of nitrogens with zero attached hydrogens (tertiary/aromatic N) is 5. The Bertz CT molecular complexity index is 654. The lowest BCUT2D eigenvalue weighted by atomic mass is 10.3. The molecule has 0 fully saturated rings. The fourth-order valence-corrected chi connectivity index (χ4v) is 1.51. The minimum atomic E-state index is -0.503. The predicted octanol–water partition coefficient (Wildman–Crippen LogP) is 1.90. The molecule has 0 aliphatic rings. The van der Waals surface area contributed by atoms with Crippen LogP contribution in [0.1, 0.15) is 5.69 Å². The van der Waals surface area contributed by atoms with Gasteiger partial charge in [-0.25, -0.2) is 4.98 Å². The Morgan fingerprint density at radius 3 is 2.76 bits per heavy atom. The fraction of sp³-hybridized carbons (Fsp3) is 0.154. The van der Waals surface area contributed by atoms with Gasteiger partial charge in [-0.3, -0.25) is 20.5 Å². The molecule has 0 bridgehead atoms. The van der Waals surface area contributed by atoms with E-state index in [4.69, 9.17) is 0 Å². The summed E-state index contributed by atoms with van der Waals surface area (Å²) in [5.41, 5.74) is 4.33. The van der Waals surface area contributed by atoms with Crippen LogP contribution in [0, 0.1) is 10.1 Å². The average Bonchev–Trinajstić information content (AvgIpc) is 2.48. The van der Waals surface area contributed by atoms with Crippen LogP contribution in [0.25, 0.3) is 0 Å². The number of rotatable bonds is 5. The second-order valence-corrected chi connectivity index (χ2v) is 4.36. The summed E-state index contributed by atoms with van der Waals surface area (Å²) in [6, 6.07) is 6.62. The molecule has 0 amide bonds. The summed E-state index contributed by atoms with van der Waals surface area (Å²) < 4.78 is 0. The Morgan fingerprint density at radius 1 is 1.33 bits per heavy atom. The number of hydrogen-bond donors (Lipinski definition) is 1. The van der Waals surface area contributed by atoms with Crippen LogP contribution in [0.3, 0.4) is 0 Å². The standard InChI is InChI=1S/C13H14N6O2/c1-18(2)11-5-6-14-10(7-11)8-16-17-13-4-3-12(9-15-13)19(20)21/h3-9H,1-2H3,(H,15,17)/b16-8+. The summed E-state index contributed by atoms with van der Waals surface area (Å²) in [7, 11) is 3.88. The van der Waals surface area contributed by atoms with Gasteiger partial charge in [0.1, 0.15) is 12.0 Å². The van der Waals surface area contributed by atoms with Crippen LogP contribution in [-0.2, 0) is 0 Å². The van der Waals surface area contributed by atoms with Crippen molar-refractivity contribution in [2.75, 3.05) is 24.4 Å². The molecule has 8 nitrogen and oxygen atoms in total. The van der Waals surface area contributed by atoms with Gasteiger partial charge in [0.15, 0.2) is 0 Å². The highest BCUT2D eigenvalue weighted by Gasteiger charge is 2.04. The fourth-order valence-electron chi connectivity index (χ4n) is 1.51. The normalized spacial score (nSPS) is 10.6. The van der Waals surface area contributed by atoms with E-state index in [1.807, 2.05) is 31.1 Å². The van der Waals surface area contributed by atoms with Crippen molar-refractivity contribution in [1.82, 2.24) is 9.97 Å². The number of anilines is 2. The number of hydrogen-bond acceptors (Lipinski definition) is 7. The first-order valence-electron chi connectivity index (χ1n) is 6.09. The molecule has 21 heavy (non-hydrogen) atoms. The Balaban J connectivity index is 2.02. The van der Waals surface area contributed by atoms with E-state index in [1.165, 1.54) is 18.3 Å². The highest BCUT2D eigenvalue weighted by molar-refractivity contribution is 5.79. The molecule has 0 aromatic carbocycles. The van der Waals surface area contributed by atoms with Crippen molar-refractivity contribution in [3.8, 4) is 0 Å². The first kappa shape index (κ1) is 14.4. The number of nitro groups is 1. The molecule has 108 valence electrons. The molecule has 0 unspecified atom stereocenters. The molecule has 0 saturated heterocycles. The molecule has 2 heterocycles. The molecular weight excluding hydrogens is 272 g/mol. The maximum absolute atomic E-state index is 10.5. The van der Waals surface area contributed by atoms with E-state index < -0.39 is 4.92 Å². The second kappa shape index (κ2) is 6.42. The summed E-state index contributed by atoms with van der Waals surface area (Å²) in [5, 5.41) is 14.5.